The molecule has 0 bridgehead atoms. The quantitative estimate of drug-likeness (QED) is 0.754. The minimum absolute atomic E-state index is 0.00963. The Bertz CT molecular complexity index is 1050. The molecule has 1 saturated carbocycles. The van der Waals surface area contributed by atoms with Crippen LogP contribution in [0.1, 0.15) is 48.7 Å². The maximum absolute atomic E-state index is 12.9. The maximum atomic E-state index is 12.9. The summed E-state index contributed by atoms with van der Waals surface area (Å²) < 4.78 is 7.03. The van der Waals surface area contributed by atoms with Crippen LogP contribution in [0, 0.1) is 0 Å². The van der Waals surface area contributed by atoms with E-state index >= 15 is 0 Å². The minimum Gasteiger partial charge on any atom is -0.497 e. The lowest BCUT2D eigenvalue weighted by molar-refractivity contribution is 0.204. The van der Waals surface area contributed by atoms with Crippen molar-refractivity contribution in [2.75, 3.05) is 13.7 Å². The zero-order valence-electron chi connectivity index (χ0n) is 16.1. The van der Waals surface area contributed by atoms with Gasteiger partial charge < -0.3 is 4.74 Å². The molecule has 5 rings (SSSR count). The van der Waals surface area contributed by atoms with Gasteiger partial charge >= 0.3 is 0 Å². The molecule has 1 aliphatic carbocycles. The van der Waals surface area contributed by atoms with Gasteiger partial charge in [-0.3, -0.25) is 19.4 Å². The van der Waals surface area contributed by atoms with Gasteiger partial charge in [0.1, 0.15) is 17.1 Å². The summed E-state index contributed by atoms with van der Waals surface area (Å²) in [6, 6.07) is 8.15. The van der Waals surface area contributed by atoms with Gasteiger partial charge in [-0.2, -0.15) is 5.10 Å². The number of ether oxygens (including phenoxy) is 1. The van der Waals surface area contributed by atoms with Gasteiger partial charge in [-0.05, 0) is 30.5 Å². The first-order valence-corrected chi connectivity index (χ1v) is 10.1. The number of benzene rings is 1. The first kappa shape index (κ1) is 17.4. The van der Waals surface area contributed by atoms with Crippen LogP contribution in [-0.4, -0.2) is 38.3 Å². The molecule has 0 unspecified atom stereocenters. The highest BCUT2D eigenvalue weighted by atomic mass is 16.5. The van der Waals surface area contributed by atoms with Crippen LogP contribution in [0.5, 0.6) is 5.75 Å². The van der Waals surface area contributed by atoms with Gasteiger partial charge in [0, 0.05) is 25.6 Å². The van der Waals surface area contributed by atoms with Gasteiger partial charge in [0.25, 0.3) is 5.56 Å². The first-order valence-electron chi connectivity index (χ1n) is 10.1. The summed E-state index contributed by atoms with van der Waals surface area (Å²) in [5, 5.41) is 7.46. The molecule has 1 aliphatic heterocycles. The summed E-state index contributed by atoms with van der Waals surface area (Å²) in [5.41, 5.74) is 3.56. The third-order valence-electron chi connectivity index (χ3n) is 6.10. The van der Waals surface area contributed by atoms with Crippen LogP contribution >= 0.6 is 0 Å². The van der Waals surface area contributed by atoms with Crippen molar-refractivity contribution in [2.45, 2.75) is 51.2 Å². The average Bonchev–Trinajstić information content (AvgIpc) is 3.38. The third kappa shape index (κ3) is 2.99. The molecule has 3 heterocycles. The Morgan fingerprint density at radius 3 is 2.68 bits per heavy atom. The number of H-pyrrole nitrogens is 1. The predicted molar refractivity (Wildman–Crippen MR) is 106 cm³/mol. The lowest BCUT2D eigenvalue weighted by atomic mass is 10.0. The Morgan fingerprint density at radius 1 is 1.14 bits per heavy atom. The molecule has 7 nitrogen and oxygen atoms in total. The van der Waals surface area contributed by atoms with E-state index in [9.17, 15) is 4.79 Å². The van der Waals surface area contributed by atoms with Gasteiger partial charge in [0.05, 0.1) is 19.3 Å². The molecule has 0 spiro atoms. The molecule has 3 aromatic rings. The second-order valence-corrected chi connectivity index (χ2v) is 7.86. The Labute approximate surface area is 163 Å². The van der Waals surface area contributed by atoms with E-state index in [1.165, 1.54) is 18.4 Å². The van der Waals surface area contributed by atoms with Crippen molar-refractivity contribution in [1.29, 1.82) is 0 Å². The zero-order chi connectivity index (χ0) is 19.1. The summed E-state index contributed by atoms with van der Waals surface area (Å²) in [6.07, 6.45) is 4.79. The summed E-state index contributed by atoms with van der Waals surface area (Å²) >= 11 is 0. The highest BCUT2D eigenvalue weighted by Crippen LogP contribution is 2.35. The maximum Gasteiger partial charge on any atom is 0.282 e. The van der Waals surface area contributed by atoms with Crippen LogP contribution in [0.4, 0.5) is 0 Å². The lowest BCUT2D eigenvalue weighted by Crippen LogP contribution is -2.39. The largest absolute Gasteiger partial charge is 0.497 e. The Morgan fingerprint density at radius 2 is 1.93 bits per heavy atom. The van der Waals surface area contributed by atoms with Crippen LogP contribution in [0.25, 0.3) is 11.0 Å². The minimum atomic E-state index is -0.00963. The highest BCUT2D eigenvalue weighted by Gasteiger charge is 2.26. The van der Waals surface area contributed by atoms with E-state index in [4.69, 9.17) is 9.72 Å². The standard InChI is InChI=1S/C21H25N5O2/c1-28-16-8-6-14(7-9-16)12-25-10-11-26-17(13-25)22-19-18(15-4-2-3-5-15)23-24-20(19)21(26)27/h6-9,15H,2-5,10-13H2,1H3,(H,23,24). The molecular weight excluding hydrogens is 354 g/mol. The molecule has 2 aliphatic rings. The fourth-order valence-corrected chi connectivity index (χ4v) is 4.54. The van der Waals surface area contributed by atoms with Crippen LogP contribution in [0.3, 0.4) is 0 Å². The third-order valence-corrected chi connectivity index (χ3v) is 6.10. The van der Waals surface area contributed by atoms with E-state index in [1.54, 1.807) is 11.7 Å². The first-order chi connectivity index (χ1) is 13.7. The molecule has 0 atom stereocenters. The van der Waals surface area contributed by atoms with E-state index in [2.05, 4.69) is 27.2 Å². The van der Waals surface area contributed by atoms with E-state index in [1.807, 2.05) is 12.1 Å². The zero-order valence-corrected chi connectivity index (χ0v) is 16.1. The van der Waals surface area contributed by atoms with Gasteiger partial charge in [0.15, 0.2) is 5.52 Å². The molecule has 1 N–H and O–H groups in total. The topological polar surface area (TPSA) is 76.0 Å². The number of fused-ring (bicyclic) bond motifs is 2. The van der Waals surface area contributed by atoms with E-state index < -0.39 is 0 Å². The molecule has 146 valence electrons. The molecule has 28 heavy (non-hydrogen) atoms. The van der Waals surface area contributed by atoms with Gasteiger partial charge in [-0.25, -0.2) is 4.98 Å². The van der Waals surface area contributed by atoms with Crippen molar-refractivity contribution in [2.24, 2.45) is 0 Å². The van der Waals surface area contributed by atoms with Gasteiger partial charge in [-0.15, -0.1) is 0 Å². The van der Waals surface area contributed by atoms with E-state index in [0.29, 0.717) is 24.5 Å². The van der Waals surface area contributed by atoms with Crippen molar-refractivity contribution in [3.05, 3.63) is 51.7 Å². The molecule has 0 saturated heterocycles. The normalized spacial score (nSPS) is 17.9. The predicted octanol–water partition coefficient (Wildman–Crippen LogP) is 2.80. The Balaban J connectivity index is 1.43. The van der Waals surface area contributed by atoms with Crippen molar-refractivity contribution in [1.82, 2.24) is 24.6 Å². The molecule has 1 aromatic carbocycles. The number of nitrogens with zero attached hydrogens (tertiary/aromatic N) is 4. The number of hydrogen-bond acceptors (Lipinski definition) is 5. The number of aromatic amines is 1. The molecule has 7 heteroatoms. The highest BCUT2D eigenvalue weighted by molar-refractivity contribution is 5.76. The molecular formula is C21H25N5O2. The van der Waals surface area contributed by atoms with Crippen molar-refractivity contribution >= 4 is 11.0 Å². The van der Waals surface area contributed by atoms with Crippen molar-refractivity contribution in [3.8, 4) is 5.75 Å². The molecule has 1 fully saturated rings. The van der Waals surface area contributed by atoms with Gasteiger partial charge in [0.2, 0.25) is 0 Å². The van der Waals surface area contributed by atoms with E-state index in [0.717, 1.165) is 48.7 Å². The van der Waals surface area contributed by atoms with Crippen LogP contribution < -0.4 is 10.3 Å². The van der Waals surface area contributed by atoms with Crippen molar-refractivity contribution in [3.63, 3.8) is 0 Å². The fourth-order valence-electron chi connectivity index (χ4n) is 4.54. The van der Waals surface area contributed by atoms with Crippen LogP contribution in [0.15, 0.2) is 29.1 Å². The SMILES string of the molecule is COc1ccc(CN2CCn3c(nc4c(C5CCCC5)[nH]nc4c3=O)C2)cc1. The number of nitrogens with one attached hydrogen (secondary N) is 1. The van der Waals surface area contributed by atoms with Gasteiger partial charge in [-0.1, -0.05) is 25.0 Å². The van der Waals surface area contributed by atoms with Crippen LogP contribution in [0.2, 0.25) is 0 Å². The molecule has 0 amide bonds. The number of hydrogen-bond donors (Lipinski definition) is 1. The Kier molecular flexibility index (Phi) is 4.39. The number of methoxy groups -OCH3 is 1. The monoisotopic (exact) mass is 379 g/mol. The van der Waals surface area contributed by atoms with Crippen LogP contribution in [-0.2, 0) is 19.6 Å². The number of rotatable bonds is 4. The fraction of sp³-hybridized carbons (Fsp3) is 0.476. The molecule has 2 aromatic heterocycles. The summed E-state index contributed by atoms with van der Waals surface area (Å²) in [4.78, 5) is 20.2. The van der Waals surface area contributed by atoms with E-state index in [-0.39, 0.29) is 5.56 Å². The summed E-state index contributed by atoms with van der Waals surface area (Å²) in [7, 11) is 1.68. The second kappa shape index (κ2) is 7.05. The second-order valence-electron chi connectivity index (χ2n) is 7.86. The number of aromatic nitrogens is 4. The average molecular weight is 379 g/mol. The summed E-state index contributed by atoms with van der Waals surface area (Å²) in [5.74, 6) is 2.17. The molecule has 0 radical (unpaired) electrons. The lowest BCUT2D eigenvalue weighted by Gasteiger charge is -2.29. The Hall–Kier alpha value is -2.67. The smallest absolute Gasteiger partial charge is 0.282 e. The summed E-state index contributed by atoms with van der Waals surface area (Å²) in [6.45, 7) is 2.98. The van der Waals surface area contributed by atoms with Crippen molar-refractivity contribution < 1.29 is 4.74 Å².